The Hall–Kier alpha value is -0.830. The lowest BCUT2D eigenvalue weighted by molar-refractivity contribution is 0.432. The van der Waals surface area contributed by atoms with Crippen LogP contribution in [0, 0.1) is 6.92 Å². The second-order valence-corrected chi connectivity index (χ2v) is 2.65. The number of nitrogens with one attached hydrogen (secondary N) is 1. The number of oxazole rings is 1. The third-order valence-electron chi connectivity index (χ3n) is 1.95. The third kappa shape index (κ3) is 0.743. The van der Waals surface area contributed by atoms with Gasteiger partial charge in [0.15, 0.2) is 6.39 Å². The highest BCUT2D eigenvalue weighted by atomic mass is 16.3. The quantitative estimate of drug-likeness (QED) is 0.619. The average Bonchev–Trinajstić information content (AvgIpc) is 2.12. The fourth-order valence-corrected chi connectivity index (χ4v) is 1.19. The van der Waals surface area contributed by atoms with Gasteiger partial charge in [-0.15, -0.1) is 0 Å². The molecular weight excluding hydrogens is 128 g/mol. The zero-order valence-electron chi connectivity index (χ0n) is 5.92. The summed E-state index contributed by atoms with van der Waals surface area (Å²) in [7, 11) is 0. The zero-order chi connectivity index (χ0) is 6.97. The first-order valence-corrected chi connectivity index (χ1v) is 3.48. The monoisotopic (exact) mass is 138 g/mol. The van der Waals surface area contributed by atoms with Crippen LogP contribution in [0.5, 0.6) is 0 Å². The first-order chi connectivity index (χ1) is 4.88. The molecule has 0 amide bonds. The van der Waals surface area contributed by atoms with Gasteiger partial charge in [0.25, 0.3) is 0 Å². The zero-order valence-corrected chi connectivity index (χ0v) is 5.92. The minimum absolute atomic E-state index is 0.596. The first kappa shape index (κ1) is 5.92. The van der Waals surface area contributed by atoms with E-state index in [2.05, 4.69) is 10.3 Å². The highest BCUT2D eigenvalue weighted by molar-refractivity contribution is 5.15. The summed E-state index contributed by atoms with van der Waals surface area (Å²) in [4.78, 5) is 4.13. The van der Waals surface area contributed by atoms with Gasteiger partial charge in [0.05, 0.1) is 5.69 Å². The van der Waals surface area contributed by atoms with Crippen molar-refractivity contribution in [1.29, 1.82) is 0 Å². The van der Waals surface area contributed by atoms with E-state index in [0.717, 1.165) is 24.5 Å². The number of hydrogen-bond donors (Lipinski definition) is 1. The van der Waals surface area contributed by atoms with Crippen LogP contribution in [0.3, 0.4) is 0 Å². The summed E-state index contributed by atoms with van der Waals surface area (Å²) >= 11 is 0. The molecule has 1 N–H and O–H groups in total. The van der Waals surface area contributed by atoms with E-state index >= 15 is 0 Å². The minimum Gasteiger partial charge on any atom is -0.449 e. The lowest BCUT2D eigenvalue weighted by Gasteiger charge is -2.25. The largest absolute Gasteiger partial charge is 0.449 e. The number of rotatable bonds is 1. The molecule has 0 unspecified atom stereocenters. The lowest BCUT2D eigenvalue weighted by atomic mass is 9.98. The van der Waals surface area contributed by atoms with Crippen molar-refractivity contribution < 1.29 is 4.42 Å². The summed E-state index contributed by atoms with van der Waals surface area (Å²) in [6, 6.07) is 0. The Bertz CT molecular complexity index is 227. The fourth-order valence-electron chi connectivity index (χ4n) is 1.19. The Morgan fingerprint density at radius 2 is 2.50 bits per heavy atom. The molecule has 3 heteroatoms. The van der Waals surface area contributed by atoms with E-state index in [0.29, 0.717) is 5.92 Å². The summed E-state index contributed by atoms with van der Waals surface area (Å²) < 4.78 is 5.08. The molecule has 0 saturated carbocycles. The molecule has 1 saturated heterocycles. The van der Waals surface area contributed by atoms with Gasteiger partial charge in [-0.2, -0.15) is 0 Å². The van der Waals surface area contributed by atoms with E-state index in [1.165, 1.54) is 6.39 Å². The highest BCUT2D eigenvalue weighted by Crippen LogP contribution is 2.20. The molecular formula is C7H10N2O. The van der Waals surface area contributed by atoms with Gasteiger partial charge in [-0.25, -0.2) is 4.98 Å². The van der Waals surface area contributed by atoms with Crippen molar-refractivity contribution in [2.45, 2.75) is 12.8 Å². The van der Waals surface area contributed by atoms with E-state index in [4.69, 9.17) is 4.42 Å². The van der Waals surface area contributed by atoms with Crippen molar-refractivity contribution in [3.8, 4) is 0 Å². The molecule has 0 aromatic carbocycles. The first-order valence-electron chi connectivity index (χ1n) is 3.48. The summed E-state index contributed by atoms with van der Waals surface area (Å²) in [6.07, 6.45) is 1.52. The standard InChI is InChI=1S/C7H10N2O/c1-5-7(9-4-10-5)6-2-8-3-6/h4,6,8H,2-3H2,1H3. The molecule has 0 radical (unpaired) electrons. The van der Waals surface area contributed by atoms with Crippen LogP contribution in [0.4, 0.5) is 0 Å². The Labute approximate surface area is 59.4 Å². The smallest absolute Gasteiger partial charge is 0.181 e. The highest BCUT2D eigenvalue weighted by Gasteiger charge is 2.23. The normalized spacial score (nSPS) is 18.9. The van der Waals surface area contributed by atoms with Gasteiger partial charge in [-0.05, 0) is 6.92 Å². The molecule has 0 bridgehead atoms. The fraction of sp³-hybridized carbons (Fsp3) is 0.571. The second kappa shape index (κ2) is 2.09. The summed E-state index contributed by atoms with van der Waals surface area (Å²) in [6.45, 7) is 4.06. The van der Waals surface area contributed by atoms with Crippen molar-refractivity contribution >= 4 is 0 Å². The van der Waals surface area contributed by atoms with Gasteiger partial charge in [-0.3, -0.25) is 0 Å². The van der Waals surface area contributed by atoms with Crippen LogP contribution in [0.25, 0.3) is 0 Å². The van der Waals surface area contributed by atoms with Crippen molar-refractivity contribution in [2.75, 3.05) is 13.1 Å². The third-order valence-corrected chi connectivity index (χ3v) is 1.95. The van der Waals surface area contributed by atoms with Crippen LogP contribution >= 0.6 is 0 Å². The van der Waals surface area contributed by atoms with Crippen LogP contribution in [0.15, 0.2) is 10.8 Å². The Kier molecular flexibility index (Phi) is 1.24. The average molecular weight is 138 g/mol. The van der Waals surface area contributed by atoms with E-state index in [9.17, 15) is 0 Å². The Morgan fingerprint density at radius 1 is 1.70 bits per heavy atom. The molecule has 2 heterocycles. The van der Waals surface area contributed by atoms with Crippen LogP contribution in [0.1, 0.15) is 17.4 Å². The van der Waals surface area contributed by atoms with Crippen LogP contribution in [-0.2, 0) is 0 Å². The number of hydrogen-bond acceptors (Lipinski definition) is 3. The maximum absolute atomic E-state index is 5.08. The van der Waals surface area contributed by atoms with Gasteiger partial charge in [-0.1, -0.05) is 0 Å². The predicted octanol–water partition coefficient (Wildman–Crippen LogP) is 0.670. The van der Waals surface area contributed by atoms with Crippen molar-refractivity contribution in [2.24, 2.45) is 0 Å². The molecule has 3 nitrogen and oxygen atoms in total. The van der Waals surface area contributed by atoms with Crippen molar-refractivity contribution in [3.63, 3.8) is 0 Å². The van der Waals surface area contributed by atoms with Crippen molar-refractivity contribution in [3.05, 3.63) is 17.8 Å². The number of aryl methyl sites for hydroxylation is 1. The van der Waals surface area contributed by atoms with Gasteiger partial charge in [0.2, 0.25) is 0 Å². The van der Waals surface area contributed by atoms with E-state index in [1.807, 2.05) is 6.92 Å². The Balaban J connectivity index is 2.23. The molecule has 0 spiro atoms. The minimum atomic E-state index is 0.596. The maximum Gasteiger partial charge on any atom is 0.181 e. The van der Waals surface area contributed by atoms with Crippen molar-refractivity contribution in [1.82, 2.24) is 10.3 Å². The molecule has 54 valence electrons. The molecule has 1 fully saturated rings. The molecule has 1 aliphatic heterocycles. The maximum atomic E-state index is 5.08. The molecule has 1 aliphatic rings. The summed E-state index contributed by atoms with van der Waals surface area (Å²) in [5, 5.41) is 3.20. The van der Waals surface area contributed by atoms with Gasteiger partial charge in [0, 0.05) is 19.0 Å². The molecule has 1 aromatic heterocycles. The lowest BCUT2D eigenvalue weighted by Crippen LogP contribution is -2.40. The SMILES string of the molecule is Cc1ocnc1C1CNC1. The topological polar surface area (TPSA) is 38.1 Å². The second-order valence-electron chi connectivity index (χ2n) is 2.65. The number of nitrogens with zero attached hydrogens (tertiary/aromatic N) is 1. The summed E-state index contributed by atoms with van der Waals surface area (Å²) in [5.74, 6) is 1.56. The molecule has 0 aliphatic carbocycles. The van der Waals surface area contributed by atoms with Gasteiger partial charge < -0.3 is 9.73 Å². The van der Waals surface area contributed by atoms with E-state index in [1.54, 1.807) is 0 Å². The van der Waals surface area contributed by atoms with E-state index < -0.39 is 0 Å². The van der Waals surface area contributed by atoms with Crippen LogP contribution < -0.4 is 5.32 Å². The van der Waals surface area contributed by atoms with Crippen LogP contribution in [0.2, 0.25) is 0 Å². The molecule has 1 aromatic rings. The molecule has 0 atom stereocenters. The molecule has 10 heavy (non-hydrogen) atoms. The van der Waals surface area contributed by atoms with Gasteiger partial charge in [0.1, 0.15) is 5.76 Å². The Morgan fingerprint density at radius 3 is 2.90 bits per heavy atom. The molecule has 2 rings (SSSR count). The van der Waals surface area contributed by atoms with E-state index in [-0.39, 0.29) is 0 Å². The van der Waals surface area contributed by atoms with Gasteiger partial charge >= 0.3 is 0 Å². The predicted molar refractivity (Wildman–Crippen MR) is 36.9 cm³/mol. The number of aromatic nitrogens is 1. The van der Waals surface area contributed by atoms with Crippen LogP contribution in [-0.4, -0.2) is 18.1 Å². The summed E-state index contributed by atoms with van der Waals surface area (Å²) in [5.41, 5.74) is 1.12.